The van der Waals surface area contributed by atoms with Crippen LogP contribution in [0.1, 0.15) is 31.5 Å². The number of nitrogens with zero attached hydrogens (tertiary/aromatic N) is 2. The van der Waals surface area contributed by atoms with E-state index >= 15 is 0 Å². The van der Waals surface area contributed by atoms with E-state index in [1.54, 1.807) is 6.26 Å². The predicted octanol–water partition coefficient (Wildman–Crippen LogP) is 2.85. The molecule has 1 heterocycles. The molecule has 0 saturated heterocycles. The molecule has 1 aromatic heterocycles. The van der Waals surface area contributed by atoms with Crippen LogP contribution >= 0.6 is 0 Å². The van der Waals surface area contributed by atoms with Crippen LogP contribution in [0.25, 0.3) is 11.5 Å². The van der Waals surface area contributed by atoms with Gasteiger partial charge in [-0.25, -0.2) is 9.98 Å². The number of oxazole rings is 1. The SMILES string of the molecule is CCC(C)NC(N)=NCc1coc(-c2ccc(C)cc2)n1. The van der Waals surface area contributed by atoms with Crippen LogP contribution in [0.2, 0.25) is 0 Å². The van der Waals surface area contributed by atoms with Gasteiger partial charge in [0.25, 0.3) is 0 Å². The first kappa shape index (κ1) is 15.1. The zero-order valence-corrected chi connectivity index (χ0v) is 12.8. The third kappa shape index (κ3) is 4.34. The number of aliphatic imine (C=N–C) groups is 1. The summed E-state index contributed by atoms with van der Waals surface area (Å²) < 4.78 is 5.48. The van der Waals surface area contributed by atoms with Gasteiger partial charge in [-0.05, 0) is 32.4 Å². The van der Waals surface area contributed by atoms with Gasteiger partial charge in [-0.1, -0.05) is 24.6 Å². The highest BCUT2D eigenvalue weighted by Gasteiger charge is 2.06. The van der Waals surface area contributed by atoms with E-state index in [0.717, 1.165) is 17.7 Å². The van der Waals surface area contributed by atoms with Crippen molar-refractivity contribution in [3.8, 4) is 11.5 Å². The molecular weight excluding hydrogens is 264 g/mol. The van der Waals surface area contributed by atoms with Gasteiger partial charge in [0.15, 0.2) is 5.96 Å². The topological polar surface area (TPSA) is 76.4 Å². The number of benzene rings is 1. The standard InChI is InChI=1S/C16H22N4O/c1-4-12(3)19-16(17)18-9-14-10-21-15(20-14)13-7-5-11(2)6-8-13/h5-8,10,12H,4,9H2,1-3H3,(H3,17,18,19). The molecule has 0 spiro atoms. The predicted molar refractivity (Wildman–Crippen MR) is 84.9 cm³/mol. The van der Waals surface area contributed by atoms with E-state index < -0.39 is 0 Å². The smallest absolute Gasteiger partial charge is 0.226 e. The molecule has 112 valence electrons. The summed E-state index contributed by atoms with van der Waals surface area (Å²) in [5.74, 6) is 1.04. The van der Waals surface area contributed by atoms with Crippen LogP contribution in [-0.4, -0.2) is 17.0 Å². The first-order valence-electron chi connectivity index (χ1n) is 7.16. The molecule has 0 aliphatic rings. The summed E-state index contributed by atoms with van der Waals surface area (Å²) in [6.45, 7) is 6.61. The van der Waals surface area contributed by atoms with Gasteiger partial charge in [-0.15, -0.1) is 0 Å². The van der Waals surface area contributed by atoms with Crippen molar-refractivity contribution in [1.82, 2.24) is 10.3 Å². The van der Waals surface area contributed by atoms with Crippen molar-refractivity contribution in [3.63, 3.8) is 0 Å². The van der Waals surface area contributed by atoms with Gasteiger partial charge in [0.2, 0.25) is 5.89 Å². The lowest BCUT2D eigenvalue weighted by atomic mass is 10.1. The highest BCUT2D eigenvalue weighted by molar-refractivity contribution is 5.78. The zero-order valence-electron chi connectivity index (χ0n) is 12.8. The fourth-order valence-electron chi connectivity index (χ4n) is 1.77. The molecule has 3 N–H and O–H groups in total. The second-order valence-corrected chi connectivity index (χ2v) is 5.17. The monoisotopic (exact) mass is 286 g/mol. The van der Waals surface area contributed by atoms with E-state index in [9.17, 15) is 0 Å². The molecule has 1 unspecified atom stereocenters. The summed E-state index contributed by atoms with van der Waals surface area (Å²) in [7, 11) is 0. The molecule has 2 aromatic rings. The Balaban J connectivity index is 2.00. The van der Waals surface area contributed by atoms with Crippen LogP contribution in [0.15, 0.2) is 39.9 Å². The molecule has 0 aliphatic carbocycles. The number of hydrogen-bond acceptors (Lipinski definition) is 3. The van der Waals surface area contributed by atoms with Gasteiger partial charge < -0.3 is 15.5 Å². The summed E-state index contributed by atoms with van der Waals surface area (Å²) in [5.41, 5.74) is 8.74. The second-order valence-electron chi connectivity index (χ2n) is 5.17. The maximum atomic E-state index is 5.81. The van der Waals surface area contributed by atoms with Crippen LogP contribution in [0.3, 0.4) is 0 Å². The Bertz CT molecular complexity index is 601. The first-order valence-corrected chi connectivity index (χ1v) is 7.16. The third-order valence-electron chi connectivity index (χ3n) is 3.27. The summed E-state index contributed by atoms with van der Waals surface area (Å²) in [6.07, 6.45) is 2.62. The Kier molecular flexibility index (Phi) is 4.98. The van der Waals surface area contributed by atoms with Crippen LogP contribution in [-0.2, 0) is 6.54 Å². The lowest BCUT2D eigenvalue weighted by Crippen LogP contribution is -2.38. The van der Waals surface area contributed by atoms with Crippen molar-refractivity contribution >= 4 is 5.96 Å². The van der Waals surface area contributed by atoms with E-state index in [0.29, 0.717) is 24.4 Å². The summed E-state index contributed by atoms with van der Waals surface area (Å²) in [6, 6.07) is 8.37. The van der Waals surface area contributed by atoms with Gasteiger partial charge in [-0.2, -0.15) is 0 Å². The molecule has 1 atom stereocenters. The number of rotatable bonds is 5. The average Bonchev–Trinajstić information content (AvgIpc) is 2.94. The molecule has 0 saturated carbocycles. The minimum Gasteiger partial charge on any atom is -0.444 e. The Morgan fingerprint density at radius 2 is 2.10 bits per heavy atom. The second kappa shape index (κ2) is 6.92. The molecule has 2 rings (SSSR count). The molecule has 5 nitrogen and oxygen atoms in total. The fraction of sp³-hybridized carbons (Fsp3) is 0.375. The number of aryl methyl sites for hydroxylation is 1. The number of aromatic nitrogens is 1. The highest BCUT2D eigenvalue weighted by Crippen LogP contribution is 2.19. The van der Waals surface area contributed by atoms with Crippen LogP contribution in [0.5, 0.6) is 0 Å². The number of nitrogens with two attached hydrogens (primary N) is 1. The van der Waals surface area contributed by atoms with Crippen molar-refractivity contribution in [3.05, 3.63) is 41.8 Å². The fourth-order valence-corrected chi connectivity index (χ4v) is 1.77. The third-order valence-corrected chi connectivity index (χ3v) is 3.27. The Hall–Kier alpha value is -2.30. The molecule has 0 radical (unpaired) electrons. The Morgan fingerprint density at radius 3 is 2.76 bits per heavy atom. The maximum Gasteiger partial charge on any atom is 0.226 e. The molecule has 1 aromatic carbocycles. The molecule has 21 heavy (non-hydrogen) atoms. The normalized spacial score (nSPS) is 13.2. The quantitative estimate of drug-likeness (QED) is 0.654. The van der Waals surface area contributed by atoms with Crippen molar-refractivity contribution < 1.29 is 4.42 Å². The summed E-state index contributed by atoms with van der Waals surface area (Å²) >= 11 is 0. The van der Waals surface area contributed by atoms with Gasteiger partial charge in [-0.3, -0.25) is 0 Å². The molecular formula is C16H22N4O. The number of guanidine groups is 1. The lowest BCUT2D eigenvalue weighted by Gasteiger charge is -2.11. The summed E-state index contributed by atoms with van der Waals surface area (Å²) in [4.78, 5) is 8.69. The van der Waals surface area contributed by atoms with Gasteiger partial charge in [0, 0.05) is 11.6 Å². The van der Waals surface area contributed by atoms with Gasteiger partial charge in [0.1, 0.15) is 12.0 Å². The molecule has 0 aliphatic heterocycles. The summed E-state index contributed by atoms with van der Waals surface area (Å²) in [5, 5.41) is 3.11. The minimum absolute atomic E-state index is 0.314. The van der Waals surface area contributed by atoms with Crippen molar-refractivity contribution in [2.45, 2.75) is 39.8 Å². The van der Waals surface area contributed by atoms with E-state index in [4.69, 9.17) is 10.2 Å². The largest absolute Gasteiger partial charge is 0.444 e. The van der Waals surface area contributed by atoms with Crippen LogP contribution in [0.4, 0.5) is 0 Å². The van der Waals surface area contributed by atoms with Crippen molar-refractivity contribution in [1.29, 1.82) is 0 Å². The van der Waals surface area contributed by atoms with Crippen LogP contribution in [0, 0.1) is 6.92 Å². The molecule has 0 amide bonds. The van der Waals surface area contributed by atoms with Crippen molar-refractivity contribution in [2.75, 3.05) is 0 Å². The Labute approximate surface area is 125 Å². The lowest BCUT2D eigenvalue weighted by molar-refractivity contribution is 0.572. The molecule has 5 heteroatoms. The highest BCUT2D eigenvalue weighted by atomic mass is 16.3. The van der Waals surface area contributed by atoms with E-state index in [1.807, 2.05) is 31.2 Å². The molecule has 0 bridgehead atoms. The van der Waals surface area contributed by atoms with E-state index in [-0.39, 0.29) is 0 Å². The van der Waals surface area contributed by atoms with E-state index in [2.05, 4.69) is 29.1 Å². The number of hydrogen-bond donors (Lipinski definition) is 2. The minimum atomic E-state index is 0.314. The number of nitrogens with one attached hydrogen (secondary N) is 1. The first-order chi connectivity index (χ1) is 10.1. The Morgan fingerprint density at radius 1 is 1.38 bits per heavy atom. The van der Waals surface area contributed by atoms with Crippen LogP contribution < -0.4 is 11.1 Å². The zero-order chi connectivity index (χ0) is 15.2. The van der Waals surface area contributed by atoms with Gasteiger partial charge in [0.05, 0.1) is 6.54 Å². The van der Waals surface area contributed by atoms with E-state index in [1.165, 1.54) is 5.56 Å². The maximum absolute atomic E-state index is 5.81. The van der Waals surface area contributed by atoms with Crippen molar-refractivity contribution in [2.24, 2.45) is 10.7 Å². The van der Waals surface area contributed by atoms with Gasteiger partial charge >= 0.3 is 0 Å². The molecule has 0 fully saturated rings. The average molecular weight is 286 g/mol.